The first-order valence-electron chi connectivity index (χ1n) is 7.54. The van der Waals surface area contributed by atoms with E-state index in [1.165, 1.54) is 38.1 Å². The van der Waals surface area contributed by atoms with Crippen LogP contribution in [0.25, 0.3) is 11.1 Å². The number of hydrogen-bond donors (Lipinski definition) is 0. The minimum Gasteiger partial charge on any atom is -0.423 e. The van der Waals surface area contributed by atoms with Crippen molar-refractivity contribution in [1.29, 1.82) is 0 Å². The first-order chi connectivity index (χ1) is 12.2. The van der Waals surface area contributed by atoms with Crippen molar-refractivity contribution < 1.29 is 27.8 Å². The molecule has 0 aliphatic carbocycles. The van der Waals surface area contributed by atoms with Crippen LogP contribution in [0.4, 0.5) is 8.78 Å². The number of carbonyl (C=O) groups excluding carboxylic acids is 2. The van der Waals surface area contributed by atoms with E-state index >= 15 is 0 Å². The van der Waals surface area contributed by atoms with Crippen LogP contribution in [0.15, 0.2) is 60.7 Å². The van der Waals surface area contributed by atoms with Gasteiger partial charge in [-0.3, -0.25) is 0 Å². The third-order valence-corrected chi connectivity index (χ3v) is 3.29. The molecule has 0 aliphatic rings. The molecule has 4 nitrogen and oxygen atoms in total. The SMILES string of the molecule is C=C(C)C(=O)Oc1ccc(-c2ccc(OC(=O)C(=C)C)c(F)c2)c(F)c1. The summed E-state index contributed by atoms with van der Waals surface area (Å²) in [6.45, 7) is 9.75. The van der Waals surface area contributed by atoms with Crippen LogP contribution in [0.2, 0.25) is 0 Å². The van der Waals surface area contributed by atoms with Crippen molar-refractivity contribution in [3.63, 3.8) is 0 Å². The lowest BCUT2D eigenvalue weighted by atomic mass is 10.0. The molecule has 0 saturated heterocycles. The highest BCUT2D eigenvalue weighted by atomic mass is 19.1. The minimum absolute atomic E-state index is 0.00623. The Balaban J connectivity index is 2.27. The van der Waals surface area contributed by atoms with Gasteiger partial charge in [-0.25, -0.2) is 18.4 Å². The molecule has 0 spiro atoms. The lowest BCUT2D eigenvalue weighted by Gasteiger charge is -2.09. The van der Waals surface area contributed by atoms with Crippen LogP contribution in [0.5, 0.6) is 11.5 Å². The highest BCUT2D eigenvalue weighted by molar-refractivity contribution is 5.89. The van der Waals surface area contributed by atoms with Crippen LogP contribution in [-0.4, -0.2) is 11.9 Å². The van der Waals surface area contributed by atoms with Gasteiger partial charge in [0.05, 0.1) is 0 Å². The molecule has 2 aromatic carbocycles. The molecule has 6 heteroatoms. The fraction of sp³-hybridized carbons (Fsp3) is 0.100. The van der Waals surface area contributed by atoms with Crippen molar-refractivity contribution >= 4 is 11.9 Å². The molecule has 0 fully saturated rings. The van der Waals surface area contributed by atoms with Crippen LogP contribution in [0.3, 0.4) is 0 Å². The molecule has 0 saturated carbocycles. The van der Waals surface area contributed by atoms with E-state index in [0.29, 0.717) is 0 Å². The van der Waals surface area contributed by atoms with E-state index in [1.54, 1.807) is 0 Å². The molecule has 2 rings (SSSR count). The van der Waals surface area contributed by atoms with E-state index in [1.807, 2.05) is 0 Å². The molecule has 0 amide bonds. The van der Waals surface area contributed by atoms with Gasteiger partial charge in [0.1, 0.15) is 11.6 Å². The predicted octanol–water partition coefficient (Wildman–Crippen LogP) is 4.59. The lowest BCUT2D eigenvalue weighted by Crippen LogP contribution is -2.09. The first kappa shape index (κ1) is 19.1. The van der Waals surface area contributed by atoms with E-state index in [4.69, 9.17) is 9.47 Å². The summed E-state index contributed by atoms with van der Waals surface area (Å²) >= 11 is 0. The number of carbonyl (C=O) groups is 2. The average molecular weight is 358 g/mol. The maximum atomic E-state index is 14.3. The van der Waals surface area contributed by atoms with E-state index < -0.39 is 23.6 Å². The molecule has 0 bridgehead atoms. The molecule has 0 aromatic heterocycles. The Kier molecular flexibility index (Phi) is 5.67. The van der Waals surface area contributed by atoms with Crippen LogP contribution in [0, 0.1) is 11.6 Å². The van der Waals surface area contributed by atoms with Gasteiger partial charge in [-0.1, -0.05) is 19.2 Å². The van der Waals surface area contributed by atoms with Crippen LogP contribution in [0.1, 0.15) is 13.8 Å². The molecular formula is C20H16F2O4. The Hall–Kier alpha value is -3.28. The van der Waals surface area contributed by atoms with Crippen LogP contribution < -0.4 is 9.47 Å². The molecule has 0 aliphatic heterocycles. The molecule has 2 aromatic rings. The number of benzene rings is 2. The molecule has 134 valence electrons. The van der Waals surface area contributed by atoms with E-state index in [-0.39, 0.29) is 33.8 Å². The Morgan fingerprint density at radius 1 is 0.846 bits per heavy atom. The molecule has 0 N–H and O–H groups in total. The third-order valence-electron chi connectivity index (χ3n) is 3.29. The Bertz CT molecular complexity index is 916. The van der Waals surface area contributed by atoms with Crippen LogP contribution >= 0.6 is 0 Å². The molecule has 0 atom stereocenters. The zero-order chi connectivity index (χ0) is 19.4. The summed E-state index contributed by atoms with van der Waals surface area (Å²) in [5.74, 6) is -3.24. The van der Waals surface area contributed by atoms with Gasteiger partial charge >= 0.3 is 11.9 Å². The van der Waals surface area contributed by atoms with Gasteiger partial charge in [0.15, 0.2) is 11.6 Å². The lowest BCUT2D eigenvalue weighted by molar-refractivity contribution is -0.131. The first-order valence-corrected chi connectivity index (χ1v) is 7.54. The largest absolute Gasteiger partial charge is 0.423 e. The summed E-state index contributed by atoms with van der Waals surface area (Å²) in [7, 11) is 0. The highest BCUT2D eigenvalue weighted by Gasteiger charge is 2.14. The van der Waals surface area contributed by atoms with Crippen molar-refractivity contribution in [2.45, 2.75) is 13.8 Å². The van der Waals surface area contributed by atoms with Gasteiger partial charge in [0.2, 0.25) is 0 Å². The van der Waals surface area contributed by atoms with Gasteiger partial charge in [0.25, 0.3) is 0 Å². The molecule has 0 radical (unpaired) electrons. The summed E-state index contributed by atoms with van der Waals surface area (Å²) < 4.78 is 38.2. The maximum Gasteiger partial charge on any atom is 0.338 e. The van der Waals surface area contributed by atoms with Crippen molar-refractivity contribution in [3.8, 4) is 22.6 Å². The fourth-order valence-corrected chi connectivity index (χ4v) is 1.93. The van der Waals surface area contributed by atoms with Gasteiger partial charge < -0.3 is 9.47 Å². The number of halogens is 2. The second kappa shape index (κ2) is 7.74. The second-order valence-corrected chi connectivity index (χ2v) is 5.63. The zero-order valence-corrected chi connectivity index (χ0v) is 14.3. The molecule has 0 heterocycles. The van der Waals surface area contributed by atoms with Gasteiger partial charge in [-0.05, 0) is 43.7 Å². The highest BCUT2D eigenvalue weighted by Crippen LogP contribution is 2.30. The molecular weight excluding hydrogens is 342 g/mol. The van der Waals surface area contributed by atoms with Crippen molar-refractivity contribution in [2.75, 3.05) is 0 Å². The van der Waals surface area contributed by atoms with Crippen LogP contribution in [-0.2, 0) is 9.59 Å². The van der Waals surface area contributed by atoms with E-state index in [2.05, 4.69) is 13.2 Å². The van der Waals surface area contributed by atoms with E-state index in [0.717, 1.165) is 12.1 Å². The predicted molar refractivity (Wildman–Crippen MR) is 92.7 cm³/mol. The summed E-state index contributed by atoms with van der Waals surface area (Å²) in [6, 6.07) is 7.42. The van der Waals surface area contributed by atoms with Crippen molar-refractivity contribution in [2.24, 2.45) is 0 Å². The normalized spacial score (nSPS) is 10.2. The van der Waals surface area contributed by atoms with Gasteiger partial charge in [-0.15, -0.1) is 0 Å². The molecule has 26 heavy (non-hydrogen) atoms. The fourth-order valence-electron chi connectivity index (χ4n) is 1.93. The topological polar surface area (TPSA) is 52.6 Å². The smallest absolute Gasteiger partial charge is 0.338 e. The third kappa shape index (κ3) is 4.42. The zero-order valence-electron chi connectivity index (χ0n) is 14.3. The molecule has 0 unspecified atom stereocenters. The van der Waals surface area contributed by atoms with Crippen molar-refractivity contribution in [3.05, 3.63) is 72.3 Å². The Morgan fingerprint density at radius 3 is 2.00 bits per heavy atom. The summed E-state index contributed by atoms with van der Waals surface area (Å²) in [4.78, 5) is 22.9. The van der Waals surface area contributed by atoms with Gasteiger partial charge in [-0.2, -0.15) is 0 Å². The number of esters is 2. The Morgan fingerprint density at radius 2 is 1.46 bits per heavy atom. The summed E-state index contributed by atoms with van der Waals surface area (Å²) in [5, 5.41) is 0. The Labute approximate surface area is 149 Å². The number of rotatable bonds is 5. The maximum absolute atomic E-state index is 14.3. The number of hydrogen-bond acceptors (Lipinski definition) is 4. The van der Waals surface area contributed by atoms with Gasteiger partial charge in [0, 0.05) is 22.8 Å². The minimum atomic E-state index is -0.825. The second-order valence-electron chi connectivity index (χ2n) is 5.63. The summed E-state index contributed by atoms with van der Waals surface area (Å²) in [5.41, 5.74) is 0.626. The quantitative estimate of drug-likeness (QED) is 0.445. The summed E-state index contributed by atoms with van der Waals surface area (Å²) in [6.07, 6.45) is 0. The number of ether oxygens (including phenoxy) is 2. The standard InChI is InChI=1S/C20H16F2O4/c1-11(2)19(23)25-14-6-7-15(16(21)10-14)13-5-8-18(17(22)9-13)26-20(24)12(3)4/h5-10H,1,3H2,2,4H3. The van der Waals surface area contributed by atoms with Crippen molar-refractivity contribution in [1.82, 2.24) is 0 Å². The monoisotopic (exact) mass is 358 g/mol. The van der Waals surface area contributed by atoms with E-state index in [9.17, 15) is 18.4 Å². The average Bonchev–Trinajstić information content (AvgIpc) is 2.56.